The summed E-state index contributed by atoms with van der Waals surface area (Å²) in [5.41, 5.74) is -0.104. The topological polar surface area (TPSA) is 60.3 Å². The lowest BCUT2D eigenvalue weighted by atomic mass is 10.3. The summed E-state index contributed by atoms with van der Waals surface area (Å²) in [6.07, 6.45) is 0.767. The van der Waals surface area contributed by atoms with Gasteiger partial charge in [0, 0.05) is 20.3 Å². The van der Waals surface area contributed by atoms with E-state index in [0.29, 0.717) is 18.5 Å². The summed E-state index contributed by atoms with van der Waals surface area (Å²) in [5, 5.41) is 3.43. The average molecular weight is 280 g/mol. The van der Waals surface area contributed by atoms with Crippen molar-refractivity contribution < 1.29 is 9.53 Å². The van der Waals surface area contributed by atoms with Crippen LogP contribution in [0.1, 0.15) is 6.42 Å². The lowest BCUT2D eigenvalue weighted by Gasteiger charge is -2.04. The molecule has 1 aromatic carbocycles. The van der Waals surface area contributed by atoms with Gasteiger partial charge in [-0.25, -0.2) is 0 Å². The maximum absolute atomic E-state index is 12.0. The van der Waals surface area contributed by atoms with Crippen molar-refractivity contribution in [3.63, 3.8) is 0 Å². The van der Waals surface area contributed by atoms with Crippen molar-refractivity contribution in [3.8, 4) is 0 Å². The number of nitrogens with zero attached hydrogens (tertiary/aromatic N) is 1. The number of carbonyl (C=O) groups is 1. The zero-order valence-electron chi connectivity index (χ0n) is 10.7. The second-order valence-electron chi connectivity index (χ2n) is 4.13. The molecule has 0 atom stereocenters. The first-order valence-electron chi connectivity index (χ1n) is 6.07. The fourth-order valence-corrected chi connectivity index (χ4v) is 2.75. The van der Waals surface area contributed by atoms with E-state index in [1.54, 1.807) is 13.2 Å². The Morgan fingerprint density at radius 2 is 2.21 bits per heavy atom. The zero-order valence-corrected chi connectivity index (χ0v) is 11.5. The number of fused-ring (bicyclic) bond motifs is 1. The van der Waals surface area contributed by atoms with Crippen LogP contribution in [-0.4, -0.2) is 30.1 Å². The minimum atomic E-state index is -0.148. The number of rotatable bonds is 6. The van der Waals surface area contributed by atoms with Crippen LogP contribution in [0.5, 0.6) is 0 Å². The molecule has 19 heavy (non-hydrogen) atoms. The van der Waals surface area contributed by atoms with Gasteiger partial charge >= 0.3 is 0 Å². The van der Waals surface area contributed by atoms with E-state index in [1.165, 1.54) is 15.5 Å². The number of benzene rings is 1. The molecule has 102 valence electrons. The molecule has 0 fully saturated rings. The van der Waals surface area contributed by atoms with Gasteiger partial charge in [0.2, 0.25) is 5.91 Å². The van der Waals surface area contributed by atoms with E-state index >= 15 is 0 Å². The first kappa shape index (κ1) is 13.8. The monoisotopic (exact) mass is 280 g/mol. The largest absolute Gasteiger partial charge is 0.385 e. The van der Waals surface area contributed by atoms with E-state index in [0.717, 1.165) is 11.1 Å². The average Bonchev–Trinajstić information content (AvgIpc) is 2.72. The van der Waals surface area contributed by atoms with Gasteiger partial charge in [-0.05, 0) is 18.6 Å². The highest BCUT2D eigenvalue weighted by molar-refractivity contribution is 7.13. The highest BCUT2D eigenvalue weighted by atomic mass is 32.1. The third-order valence-electron chi connectivity index (χ3n) is 2.69. The highest BCUT2D eigenvalue weighted by Gasteiger charge is 2.09. The summed E-state index contributed by atoms with van der Waals surface area (Å²) in [7, 11) is 1.62. The molecule has 0 saturated heterocycles. The van der Waals surface area contributed by atoms with Crippen LogP contribution < -0.4 is 10.9 Å². The number of carbonyl (C=O) groups excluding carboxylic acids is 1. The van der Waals surface area contributed by atoms with Gasteiger partial charge in [-0.2, -0.15) is 0 Å². The van der Waals surface area contributed by atoms with E-state index < -0.39 is 0 Å². The van der Waals surface area contributed by atoms with Crippen LogP contribution >= 0.6 is 11.5 Å². The summed E-state index contributed by atoms with van der Waals surface area (Å²) >= 11 is 1.31. The number of ether oxygens (including phenoxy) is 1. The molecule has 5 nitrogen and oxygen atoms in total. The molecule has 2 rings (SSSR count). The second-order valence-corrected chi connectivity index (χ2v) is 5.19. The Labute approximate surface area is 115 Å². The van der Waals surface area contributed by atoms with Crippen molar-refractivity contribution in [2.45, 2.75) is 13.0 Å². The molecule has 1 amide bonds. The summed E-state index contributed by atoms with van der Waals surface area (Å²) in [4.78, 5) is 23.7. The molecule has 0 aliphatic rings. The Bertz CT molecular complexity index is 618. The van der Waals surface area contributed by atoms with E-state index in [1.807, 2.05) is 18.2 Å². The van der Waals surface area contributed by atoms with Gasteiger partial charge in [0.25, 0.3) is 5.56 Å². The van der Waals surface area contributed by atoms with Crippen molar-refractivity contribution in [1.29, 1.82) is 0 Å². The van der Waals surface area contributed by atoms with E-state index in [-0.39, 0.29) is 18.0 Å². The molecule has 0 radical (unpaired) electrons. The summed E-state index contributed by atoms with van der Waals surface area (Å²) in [6, 6.07) is 7.37. The van der Waals surface area contributed by atoms with Gasteiger partial charge in [-0.1, -0.05) is 23.7 Å². The Balaban J connectivity index is 1.99. The summed E-state index contributed by atoms with van der Waals surface area (Å²) in [5.74, 6) is -0.148. The van der Waals surface area contributed by atoms with Crippen LogP contribution in [0, 0.1) is 0 Å². The molecule has 1 heterocycles. The fraction of sp³-hybridized carbons (Fsp3) is 0.385. The molecule has 1 aromatic heterocycles. The summed E-state index contributed by atoms with van der Waals surface area (Å²) in [6.45, 7) is 1.25. The van der Waals surface area contributed by atoms with Crippen molar-refractivity contribution in [2.24, 2.45) is 0 Å². The molecule has 0 aliphatic heterocycles. The van der Waals surface area contributed by atoms with Crippen LogP contribution in [0.25, 0.3) is 10.1 Å². The van der Waals surface area contributed by atoms with Crippen molar-refractivity contribution in [2.75, 3.05) is 20.3 Å². The van der Waals surface area contributed by atoms with Gasteiger partial charge in [0.1, 0.15) is 6.54 Å². The number of aromatic nitrogens is 1. The molecular formula is C13H16N2O3S. The predicted molar refractivity (Wildman–Crippen MR) is 75.6 cm³/mol. The Hall–Kier alpha value is -1.66. The smallest absolute Gasteiger partial charge is 0.268 e. The van der Waals surface area contributed by atoms with Gasteiger partial charge in [-0.15, -0.1) is 0 Å². The number of methoxy groups -OCH3 is 1. The molecule has 2 aromatic rings. The number of amides is 1. The molecule has 0 aliphatic carbocycles. The van der Waals surface area contributed by atoms with Crippen LogP contribution in [-0.2, 0) is 16.1 Å². The van der Waals surface area contributed by atoms with Crippen molar-refractivity contribution >= 4 is 27.5 Å². The minimum Gasteiger partial charge on any atom is -0.385 e. The first-order chi connectivity index (χ1) is 9.22. The van der Waals surface area contributed by atoms with E-state index in [4.69, 9.17) is 4.74 Å². The number of hydrogen-bond acceptors (Lipinski definition) is 4. The van der Waals surface area contributed by atoms with Crippen LogP contribution in [0.15, 0.2) is 29.1 Å². The van der Waals surface area contributed by atoms with E-state index in [2.05, 4.69) is 5.32 Å². The van der Waals surface area contributed by atoms with Gasteiger partial charge < -0.3 is 10.1 Å². The zero-order chi connectivity index (χ0) is 13.7. The minimum absolute atomic E-state index is 0.0746. The van der Waals surface area contributed by atoms with Crippen molar-refractivity contribution in [3.05, 3.63) is 34.6 Å². The lowest BCUT2D eigenvalue weighted by molar-refractivity contribution is -0.121. The number of hydrogen-bond donors (Lipinski definition) is 1. The van der Waals surface area contributed by atoms with Crippen LogP contribution in [0.4, 0.5) is 0 Å². The number of nitrogens with one attached hydrogen (secondary N) is 1. The Kier molecular flexibility index (Phi) is 4.70. The quantitative estimate of drug-likeness (QED) is 0.809. The molecular weight excluding hydrogens is 264 g/mol. The molecule has 0 saturated carbocycles. The molecule has 0 unspecified atom stereocenters. The van der Waals surface area contributed by atoms with Crippen LogP contribution in [0.3, 0.4) is 0 Å². The predicted octanol–water partition coefficient (Wildman–Crippen LogP) is 1.22. The van der Waals surface area contributed by atoms with Crippen LogP contribution in [0.2, 0.25) is 0 Å². The van der Waals surface area contributed by atoms with Gasteiger partial charge in [0.05, 0.1) is 10.1 Å². The third-order valence-corrected chi connectivity index (χ3v) is 3.76. The molecule has 0 bridgehead atoms. The second kappa shape index (κ2) is 6.49. The third kappa shape index (κ3) is 3.42. The molecule has 1 N–H and O–H groups in total. The highest BCUT2D eigenvalue weighted by Crippen LogP contribution is 2.15. The van der Waals surface area contributed by atoms with Crippen molar-refractivity contribution in [1.82, 2.24) is 9.27 Å². The SMILES string of the molecule is COCCCNC(=O)Cn1sc2ccccc2c1=O. The molecule has 0 spiro atoms. The Morgan fingerprint density at radius 3 is 2.95 bits per heavy atom. The van der Waals surface area contributed by atoms with Gasteiger partial charge in [-0.3, -0.25) is 13.5 Å². The Morgan fingerprint density at radius 1 is 1.42 bits per heavy atom. The maximum Gasteiger partial charge on any atom is 0.268 e. The maximum atomic E-state index is 12.0. The van der Waals surface area contributed by atoms with Gasteiger partial charge in [0.15, 0.2) is 0 Å². The fourth-order valence-electron chi connectivity index (χ4n) is 1.75. The van der Waals surface area contributed by atoms with E-state index in [9.17, 15) is 9.59 Å². The molecule has 6 heteroatoms. The summed E-state index contributed by atoms with van der Waals surface area (Å²) < 4.78 is 7.28. The standard InChI is InChI=1S/C13H16N2O3S/c1-18-8-4-7-14-12(16)9-15-13(17)10-5-2-3-6-11(10)19-15/h2-3,5-6H,4,7-9H2,1H3,(H,14,16). The normalized spacial score (nSPS) is 10.8. The first-order valence-corrected chi connectivity index (χ1v) is 6.84. The lowest BCUT2D eigenvalue weighted by Crippen LogP contribution is -2.31.